The number of alkyl halides is 1. The van der Waals surface area contributed by atoms with Gasteiger partial charge in [0.25, 0.3) is 5.91 Å². The Morgan fingerprint density at radius 2 is 2.29 bits per heavy atom. The van der Waals surface area contributed by atoms with Gasteiger partial charge in [0, 0.05) is 26.2 Å². The van der Waals surface area contributed by atoms with Gasteiger partial charge in [-0.2, -0.15) is 0 Å². The Balaban J connectivity index is 2.62. The van der Waals surface area contributed by atoms with E-state index in [1.165, 1.54) is 18.7 Å². The predicted molar refractivity (Wildman–Crippen MR) is 50.6 cm³/mol. The Labute approximate surface area is 83.1 Å². The van der Waals surface area contributed by atoms with Crippen LogP contribution in [0, 0.1) is 0 Å². The third-order valence-electron chi connectivity index (χ3n) is 2.17. The van der Waals surface area contributed by atoms with Crippen molar-refractivity contribution in [2.24, 2.45) is 0 Å². The molecule has 0 aromatic rings. The number of rotatable bonds is 1. The van der Waals surface area contributed by atoms with Gasteiger partial charge in [0.2, 0.25) is 0 Å². The molecule has 4 nitrogen and oxygen atoms in total. The van der Waals surface area contributed by atoms with Gasteiger partial charge < -0.3 is 15.3 Å². The molecule has 1 atom stereocenters. The molecule has 1 fully saturated rings. The summed E-state index contributed by atoms with van der Waals surface area (Å²) in [4.78, 5) is 12.9. The summed E-state index contributed by atoms with van der Waals surface area (Å²) in [5.41, 5.74) is -1.86. The molecule has 1 amide bonds. The number of hydrogen-bond acceptors (Lipinski definition) is 3. The van der Waals surface area contributed by atoms with Gasteiger partial charge in [-0.15, -0.1) is 0 Å². The average Bonchev–Trinajstić information content (AvgIpc) is 2.26. The Morgan fingerprint density at radius 3 is 2.86 bits per heavy atom. The van der Waals surface area contributed by atoms with Crippen molar-refractivity contribution in [2.45, 2.75) is 25.6 Å². The summed E-state index contributed by atoms with van der Waals surface area (Å²) in [6, 6.07) is 0. The molecule has 1 rings (SSSR count). The SMILES string of the molecule is CC(C)(F)C(=O)N1CCNCC(O)C1. The molecule has 0 spiro atoms. The summed E-state index contributed by atoms with van der Waals surface area (Å²) in [5, 5.41) is 12.4. The van der Waals surface area contributed by atoms with Crippen molar-refractivity contribution in [3.05, 3.63) is 0 Å². The van der Waals surface area contributed by atoms with Gasteiger partial charge in [-0.3, -0.25) is 4.79 Å². The first kappa shape index (κ1) is 11.4. The maximum Gasteiger partial charge on any atom is 0.259 e. The zero-order chi connectivity index (χ0) is 10.8. The van der Waals surface area contributed by atoms with E-state index in [9.17, 15) is 14.3 Å². The Bertz CT molecular complexity index is 215. The standard InChI is InChI=1S/C9H17FN2O2/c1-9(2,10)8(14)12-4-3-11-5-7(13)6-12/h7,11,13H,3-6H2,1-2H3. The third-order valence-corrected chi connectivity index (χ3v) is 2.17. The molecule has 0 aromatic carbocycles. The smallest absolute Gasteiger partial charge is 0.259 e. The second-order valence-electron chi connectivity index (χ2n) is 4.08. The molecule has 0 radical (unpaired) electrons. The number of hydrogen-bond donors (Lipinski definition) is 2. The van der Waals surface area contributed by atoms with E-state index in [-0.39, 0.29) is 6.54 Å². The lowest BCUT2D eigenvalue weighted by Crippen LogP contribution is -2.46. The number of nitrogens with zero attached hydrogens (tertiary/aromatic N) is 1. The zero-order valence-corrected chi connectivity index (χ0v) is 8.59. The Morgan fingerprint density at radius 1 is 1.64 bits per heavy atom. The molecular weight excluding hydrogens is 187 g/mol. The number of nitrogens with one attached hydrogen (secondary N) is 1. The van der Waals surface area contributed by atoms with Crippen LogP contribution in [0.2, 0.25) is 0 Å². The molecule has 82 valence electrons. The monoisotopic (exact) mass is 204 g/mol. The first-order chi connectivity index (χ1) is 6.41. The highest BCUT2D eigenvalue weighted by molar-refractivity contribution is 5.84. The number of aliphatic hydroxyl groups is 1. The number of aliphatic hydroxyl groups excluding tert-OH is 1. The molecule has 2 N–H and O–H groups in total. The first-order valence-electron chi connectivity index (χ1n) is 4.78. The second-order valence-corrected chi connectivity index (χ2v) is 4.08. The van der Waals surface area contributed by atoms with E-state index >= 15 is 0 Å². The molecule has 1 unspecified atom stereocenters. The average molecular weight is 204 g/mol. The van der Waals surface area contributed by atoms with Crippen molar-refractivity contribution in [2.75, 3.05) is 26.2 Å². The molecule has 1 heterocycles. The molecule has 0 aromatic heterocycles. The minimum absolute atomic E-state index is 0.208. The fraction of sp³-hybridized carbons (Fsp3) is 0.889. The number of carbonyl (C=O) groups excluding carboxylic acids is 1. The molecule has 5 heteroatoms. The van der Waals surface area contributed by atoms with E-state index in [0.29, 0.717) is 19.6 Å². The minimum atomic E-state index is -1.86. The Hall–Kier alpha value is -0.680. The van der Waals surface area contributed by atoms with Crippen molar-refractivity contribution in [1.82, 2.24) is 10.2 Å². The van der Waals surface area contributed by atoms with Crippen LogP contribution < -0.4 is 5.32 Å². The molecule has 0 bridgehead atoms. The van der Waals surface area contributed by atoms with Crippen molar-refractivity contribution in [3.63, 3.8) is 0 Å². The first-order valence-corrected chi connectivity index (χ1v) is 4.78. The predicted octanol–water partition coefficient (Wildman–Crippen LogP) is -0.473. The van der Waals surface area contributed by atoms with Crippen molar-refractivity contribution >= 4 is 5.91 Å². The lowest BCUT2D eigenvalue weighted by Gasteiger charge is -2.26. The van der Waals surface area contributed by atoms with Crippen LogP contribution in [-0.2, 0) is 4.79 Å². The molecule has 1 saturated heterocycles. The van der Waals surface area contributed by atoms with Crippen molar-refractivity contribution < 1.29 is 14.3 Å². The summed E-state index contributed by atoms with van der Waals surface area (Å²) in [7, 11) is 0. The van der Waals surface area contributed by atoms with Crippen LogP contribution in [0.25, 0.3) is 0 Å². The molecule has 1 aliphatic heterocycles. The molecular formula is C9H17FN2O2. The number of carbonyl (C=O) groups is 1. The summed E-state index contributed by atoms with van der Waals surface area (Å²) in [5.74, 6) is -0.555. The van der Waals surface area contributed by atoms with E-state index in [2.05, 4.69) is 5.32 Å². The largest absolute Gasteiger partial charge is 0.390 e. The molecule has 1 aliphatic rings. The van der Waals surface area contributed by atoms with Gasteiger partial charge in [-0.05, 0) is 13.8 Å². The van der Waals surface area contributed by atoms with Crippen LogP contribution in [0.4, 0.5) is 4.39 Å². The lowest BCUT2D eigenvalue weighted by atomic mass is 10.1. The van der Waals surface area contributed by atoms with Crippen LogP contribution in [0.15, 0.2) is 0 Å². The quantitative estimate of drug-likeness (QED) is 0.607. The fourth-order valence-electron chi connectivity index (χ4n) is 1.45. The van der Waals surface area contributed by atoms with Crippen LogP contribution in [0.3, 0.4) is 0 Å². The maximum absolute atomic E-state index is 13.3. The maximum atomic E-state index is 13.3. The molecule has 0 saturated carbocycles. The van der Waals surface area contributed by atoms with E-state index in [0.717, 1.165) is 0 Å². The van der Waals surface area contributed by atoms with Crippen LogP contribution >= 0.6 is 0 Å². The zero-order valence-electron chi connectivity index (χ0n) is 8.59. The Kier molecular flexibility index (Phi) is 3.44. The van der Waals surface area contributed by atoms with E-state index in [4.69, 9.17) is 0 Å². The highest BCUT2D eigenvalue weighted by Gasteiger charge is 2.33. The summed E-state index contributed by atoms with van der Waals surface area (Å²) in [6.45, 7) is 4.18. The number of halogens is 1. The lowest BCUT2D eigenvalue weighted by molar-refractivity contribution is -0.142. The number of amides is 1. The summed E-state index contributed by atoms with van der Waals surface area (Å²) in [6.07, 6.45) is -0.608. The van der Waals surface area contributed by atoms with Gasteiger partial charge in [-0.1, -0.05) is 0 Å². The van der Waals surface area contributed by atoms with E-state index in [1.54, 1.807) is 0 Å². The van der Waals surface area contributed by atoms with Crippen LogP contribution in [0.1, 0.15) is 13.8 Å². The van der Waals surface area contributed by atoms with E-state index < -0.39 is 17.7 Å². The third kappa shape index (κ3) is 2.92. The number of β-amino-alcohol motifs (C(OH)–C–C–N with tert-alkyl or cyclic N) is 1. The van der Waals surface area contributed by atoms with Crippen LogP contribution in [-0.4, -0.2) is 53.9 Å². The van der Waals surface area contributed by atoms with Crippen LogP contribution in [0.5, 0.6) is 0 Å². The highest BCUT2D eigenvalue weighted by atomic mass is 19.1. The summed E-state index contributed by atoms with van der Waals surface area (Å²) < 4.78 is 13.3. The van der Waals surface area contributed by atoms with Gasteiger partial charge >= 0.3 is 0 Å². The summed E-state index contributed by atoms with van der Waals surface area (Å²) >= 11 is 0. The van der Waals surface area contributed by atoms with Gasteiger partial charge in [0.1, 0.15) is 0 Å². The fourth-order valence-corrected chi connectivity index (χ4v) is 1.45. The second kappa shape index (κ2) is 4.23. The van der Waals surface area contributed by atoms with Gasteiger partial charge in [0.05, 0.1) is 6.10 Å². The normalized spacial score (nSPS) is 24.6. The van der Waals surface area contributed by atoms with E-state index in [1.807, 2.05) is 0 Å². The van der Waals surface area contributed by atoms with Gasteiger partial charge in [-0.25, -0.2) is 4.39 Å². The minimum Gasteiger partial charge on any atom is -0.390 e. The topological polar surface area (TPSA) is 52.6 Å². The van der Waals surface area contributed by atoms with Crippen molar-refractivity contribution in [1.29, 1.82) is 0 Å². The molecule has 14 heavy (non-hydrogen) atoms. The highest BCUT2D eigenvalue weighted by Crippen LogP contribution is 2.13. The van der Waals surface area contributed by atoms with Gasteiger partial charge in [0.15, 0.2) is 5.67 Å². The van der Waals surface area contributed by atoms with Crippen molar-refractivity contribution in [3.8, 4) is 0 Å². The molecule has 0 aliphatic carbocycles.